The number of fused-ring (bicyclic) bond motifs is 1. The highest BCUT2D eigenvalue weighted by molar-refractivity contribution is 5.95. The van der Waals surface area contributed by atoms with Crippen molar-refractivity contribution in [3.8, 4) is 23.7 Å². The molecule has 146 valence electrons. The number of nitriles is 1. The van der Waals surface area contributed by atoms with E-state index in [4.69, 9.17) is 10.00 Å². The summed E-state index contributed by atoms with van der Waals surface area (Å²) < 4.78 is 5.41. The summed E-state index contributed by atoms with van der Waals surface area (Å²) in [5.74, 6) is 6.62. The molecule has 5 heteroatoms. The fraction of sp³-hybridized carbons (Fsp3) is 0.160. The van der Waals surface area contributed by atoms with E-state index in [-0.39, 0.29) is 5.91 Å². The maximum atomic E-state index is 13.1. The normalized spacial score (nSPS) is 12.2. The second-order valence-corrected chi connectivity index (χ2v) is 6.95. The fourth-order valence-corrected chi connectivity index (χ4v) is 3.49. The summed E-state index contributed by atoms with van der Waals surface area (Å²) in [5, 5.41) is 9.15. The largest absolute Gasteiger partial charge is 0.495 e. The topological polar surface area (TPSA) is 66.2 Å². The Bertz CT molecular complexity index is 1200. The minimum Gasteiger partial charge on any atom is -0.495 e. The highest BCUT2D eigenvalue weighted by atomic mass is 16.5. The van der Waals surface area contributed by atoms with Crippen molar-refractivity contribution in [3.63, 3.8) is 0 Å². The molecule has 1 aliphatic rings. The Morgan fingerprint density at radius 2 is 2.00 bits per heavy atom. The van der Waals surface area contributed by atoms with Gasteiger partial charge in [-0.05, 0) is 65.9 Å². The van der Waals surface area contributed by atoms with Crippen LogP contribution in [-0.4, -0.2) is 29.4 Å². The molecule has 30 heavy (non-hydrogen) atoms. The molecule has 0 fully saturated rings. The number of hydrogen-bond acceptors (Lipinski definition) is 4. The summed E-state index contributed by atoms with van der Waals surface area (Å²) in [4.78, 5) is 19.2. The number of rotatable bonds is 2. The number of aromatic nitrogens is 1. The minimum atomic E-state index is -0.0634. The van der Waals surface area contributed by atoms with Gasteiger partial charge in [-0.2, -0.15) is 5.26 Å². The number of pyridine rings is 1. The number of carbonyl (C=O) groups is 1. The summed E-state index contributed by atoms with van der Waals surface area (Å²) >= 11 is 0. The maximum absolute atomic E-state index is 13.1. The molecule has 2 heterocycles. The number of nitrogens with zero attached hydrogens (tertiary/aromatic N) is 3. The van der Waals surface area contributed by atoms with Crippen molar-refractivity contribution in [1.82, 2.24) is 9.88 Å². The molecular weight excluding hydrogens is 374 g/mol. The van der Waals surface area contributed by atoms with Gasteiger partial charge >= 0.3 is 0 Å². The van der Waals surface area contributed by atoms with Crippen LogP contribution in [0.2, 0.25) is 0 Å². The Kier molecular flexibility index (Phi) is 5.46. The van der Waals surface area contributed by atoms with Crippen molar-refractivity contribution in [3.05, 3.63) is 94.3 Å². The Morgan fingerprint density at radius 3 is 2.77 bits per heavy atom. The highest BCUT2D eigenvalue weighted by Gasteiger charge is 2.22. The fourth-order valence-electron chi connectivity index (χ4n) is 3.49. The smallest absolute Gasteiger partial charge is 0.254 e. The van der Waals surface area contributed by atoms with Crippen LogP contribution in [-0.2, 0) is 13.0 Å². The molecule has 1 amide bonds. The van der Waals surface area contributed by atoms with E-state index >= 15 is 0 Å². The summed E-state index contributed by atoms with van der Waals surface area (Å²) in [5.41, 5.74) is 4.67. The molecule has 0 atom stereocenters. The molecule has 0 N–H and O–H groups in total. The zero-order valence-electron chi connectivity index (χ0n) is 16.6. The van der Waals surface area contributed by atoms with Crippen LogP contribution in [0.5, 0.6) is 5.75 Å². The monoisotopic (exact) mass is 393 g/mol. The van der Waals surface area contributed by atoms with E-state index in [1.807, 2.05) is 36.4 Å². The van der Waals surface area contributed by atoms with Crippen molar-refractivity contribution in [2.45, 2.75) is 13.0 Å². The van der Waals surface area contributed by atoms with Crippen LogP contribution < -0.4 is 4.74 Å². The van der Waals surface area contributed by atoms with Gasteiger partial charge in [0.15, 0.2) is 0 Å². The lowest BCUT2D eigenvalue weighted by Crippen LogP contribution is -2.36. The van der Waals surface area contributed by atoms with Crippen LogP contribution in [0.25, 0.3) is 0 Å². The van der Waals surface area contributed by atoms with Crippen molar-refractivity contribution < 1.29 is 9.53 Å². The molecule has 4 rings (SSSR count). The second-order valence-electron chi connectivity index (χ2n) is 6.95. The molecule has 0 aliphatic carbocycles. The van der Waals surface area contributed by atoms with E-state index < -0.39 is 0 Å². The first-order chi connectivity index (χ1) is 14.7. The third-order valence-corrected chi connectivity index (χ3v) is 5.07. The van der Waals surface area contributed by atoms with Crippen LogP contribution in [0.15, 0.2) is 60.8 Å². The number of amides is 1. The molecular formula is C25H19N3O2. The lowest BCUT2D eigenvalue weighted by atomic mass is 9.97. The molecule has 0 spiro atoms. The zero-order chi connectivity index (χ0) is 20.9. The third-order valence-electron chi connectivity index (χ3n) is 5.07. The number of hydrogen-bond donors (Lipinski definition) is 0. The quantitative estimate of drug-likeness (QED) is 0.625. The molecule has 0 saturated carbocycles. The van der Waals surface area contributed by atoms with Gasteiger partial charge in [0, 0.05) is 24.8 Å². The standard InChI is InChI=1S/C25H19N3O2/c1-30-24-10-8-21(15-20(24)7-9-23-4-2-3-12-27-23)25(29)28-13-11-19-6-5-18(16-26)14-22(19)17-28/h2-6,8,10,12,14-15H,11,13,17H2,1H3. The SMILES string of the molecule is COc1ccc(C(=O)N2CCc3ccc(C#N)cc3C2)cc1C#Cc1ccccn1. The molecule has 2 aromatic carbocycles. The maximum Gasteiger partial charge on any atom is 0.254 e. The van der Waals surface area contributed by atoms with Crippen molar-refractivity contribution in [1.29, 1.82) is 5.26 Å². The third kappa shape index (κ3) is 4.01. The van der Waals surface area contributed by atoms with Gasteiger partial charge in [-0.3, -0.25) is 4.79 Å². The number of ether oxygens (including phenoxy) is 1. The van der Waals surface area contributed by atoms with Crippen molar-refractivity contribution in [2.75, 3.05) is 13.7 Å². The van der Waals surface area contributed by atoms with Gasteiger partial charge < -0.3 is 9.64 Å². The number of methoxy groups -OCH3 is 1. The molecule has 3 aromatic rings. The van der Waals surface area contributed by atoms with Gasteiger partial charge in [-0.15, -0.1) is 0 Å². The minimum absolute atomic E-state index is 0.0634. The number of carbonyl (C=O) groups excluding carboxylic acids is 1. The Morgan fingerprint density at radius 1 is 1.10 bits per heavy atom. The summed E-state index contributed by atoms with van der Waals surface area (Å²) in [6, 6.07) is 18.7. The zero-order valence-corrected chi connectivity index (χ0v) is 16.6. The van der Waals surface area contributed by atoms with Crippen LogP contribution in [0.4, 0.5) is 0 Å². The van der Waals surface area contributed by atoms with Gasteiger partial charge in [0.2, 0.25) is 0 Å². The van der Waals surface area contributed by atoms with Gasteiger partial charge in [0.25, 0.3) is 5.91 Å². The van der Waals surface area contributed by atoms with Crippen LogP contribution in [0.1, 0.15) is 38.3 Å². The van der Waals surface area contributed by atoms with E-state index in [2.05, 4.69) is 22.9 Å². The first-order valence-electron chi connectivity index (χ1n) is 9.60. The summed E-state index contributed by atoms with van der Waals surface area (Å²) in [6.07, 6.45) is 2.46. The Labute approximate surface area is 175 Å². The van der Waals surface area contributed by atoms with Gasteiger partial charge in [0.05, 0.1) is 24.3 Å². The lowest BCUT2D eigenvalue weighted by molar-refractivity contribution is 0.0734. The second kappa shape index (κ2) is 8.51. The van der Waals surface area contributed by atoms with E-state index in [0.717, 1.165) is 12.0 Å². The van der Waals surface area contributed by atoms with Crippen LogP contribution >= 0.6 is 0 Å². The van der Waals surface area contributed by atoms with Crippen LogP contribution in [0, 0.1) is 23.2 Å². The predicted molar refractivity (Wildman–Crippen MR) is 113 cm³/mol. The Hall–Kier alpha value is -4.09. The summed E-state index contributed by atoms with van der Waals surface area (Å²) in [6.45, 7) is 1.13. The van der Waals surface area contributed by atoms with E-state index in [1.54, 1.807) is 36.4 Å². The number of benzene rings is 2. The highest BCUT2D eigenvalue weighted by Crippen LogP contribution is 2.24. The molecule has 0 radical (unpaired) electrons. The predicted octanol–water partition coefficient (Wildman–Crippen LogP) is 3.56. The molecule has 5 nitrogen and oxygen atoms in total. The van der Waals surface area contributed by atoms with Crippen LogP contribution in [0.3, 0.4) is 0 Å². The first-order valence-corrected chi connectivity index (χ1v) is 9.60. The average Bonchev–Trinajstić information content (AvgIpc) is 2.82. The van der Waals surface area contributed by atoms with Gasteiger partial charge in [0.1, 0.15) is 11.4 Å². The van der Waals surface area contributed by atoms with Gasteiger partial charge in [-0.1, -0.05) is 18.1 Å². The molecule has 1 aromatic heterocycles. The molecule has 0 unspecified atom stereocenters. The molecule has 1 aliphatic heterocycles. The van der Waals surface area contributed by atoms with Crippen molar-refractivity contribution in [2.24, 2.45) is 0 Å². The molecule has 0 bridgehead atoms. The van der Waals surface area contributed by atoms with Gasteiger partial charge in [-0.25, -0.2) is 4.98 Å². The van der Waals surface area contributed by atoms with E-state index in [9.17, 15) is 4.79 Å². The van der Waals surface area contributed by atoms with Crippen molar-refractivity contribution >= 4 is 5.91 Å². The van der Waals surface area contributed by atoms with E-state index in [0.29, 0.717) is 41.2 Å². The Balaban J connectivity index is 1.60. The van der Waals surface area contributed by atoms with E-state index in [1.165, 1.54) is 5.56 Å². The molecule has 0 saturated heterocycles. The average molecular weight is 393 g/mol. The summed E-state index contributed by atoms with van der Waals surface area (Å²) in [7, 11) is 1.58. The lowest BCUT2D eigenvalue weighted by Gasteiger charge is -2.29. The first kappa shape index (κ1) is 19.2.